The molecular weight excluding hydrogens is 304 g/mol. The predicted molar refractivity (Wildman–Crippen MR) is 97.0 cm³/mol. The van der Waals surface area contributed by atoms with E-state index >= 15 is 0 Å². The molecule has 0 spiro atoms. The van der Waals surface area contributed by atoms with E-state index in [1.807, 2.05) is 18.2 Å². The van der Waals surface area contributed by atoms with Crippen LogP contribution < -0.4 is 0 Å². The van der Waals surface area contributed by atoms with E-state index in [1.165, 1.54) is 19.3 Å². The fraction of sp³-hybridized carbons (Fsp3) is 0.650. The van der Waals surface area contributed by atoms with Gasteiger partial charge in [0.25, 0.3) is 0 Å². The van der Waals surface area contributed by atoms with E-state index in [0.29, 0.717) is 12.8 Å². The maximum atomic E-state index is 10.4. The summed E-state index contributed by atoms with van der Waals surface area (Å²) < 4.78 is 5.55. The van der Waals surface area contributed by atoms with Crippen LogP contribution in [-0.4, -0.2) is 34.5 Å². The van der Waals surface area contributed by atoms with Gasteiger partial charge in [-0.15, -0.1) is 0 Å². The van der Waals surface area contributed by atoms with E-state index in [9.17, 15) is 9.90 Å². The summed E-state index contributed by atoms with van der Waals surface area (Å²) in [6, 6.07) is 0. The van der Waals surface area contributed by atoms with Crippen molar-refractivity contribution in [1.29, 1.82) is 0 Å². The molecule has 0 aromatic carbocycles. The standard InChI is InChI=1S/C20H32O4/c1-2-3-4-5-6-10-13-18-19(24-18)16-15-17(21)12-9-7-8-11-14-20(22)23/h6-7,9-10,15-19,21H,2-5,8,11-14H2,1H3,(H,22,23)/t17?,18-,19+/m0/s1. The average molecular weight is 336 g/mol. The Labute approximate surface area is 145 Å². The number of rotatable bonds is 14. The van der Waals surface area contributed by atoms with E-state index < -0.39 is 12.1 Å². The lowest BCUT2D eigenvalue weighted by Gasteiger charge is -1.99. The van der Waals surface area contributed by atoms with Crippen LogP contribution in [0.3, 0.4) is 0 Å². The first-order valence-electron chi connectivity index (χ1n) is 9.17. The summed E-state index contributed by atoms with van der Waals surface area (Å²) >= 11 is 0. The molecule has 24 heavy (non-hydrogen) atoms. The number of ether oxygens (including phenoxy) is 1. The number of epoxide rings is 1. The van der Waals surface area contributed by atoms with Gasteiger partial charge in [0.15, 0.2) is 0 Å². The van der Waals surface area contributed by atoms with Crippen LogP contribution in [0.1, 0.15) is 64.7 Å². The van der Waals surface area contributed by atoms with Crippen molar-refractivity contribution in [2.45, 2.75) is 83.0 Å². The summed E-state index contributed by atoms with van der Waals surface area (Å²) in [5.41, 5.74) is 0. The molecule has 136 valence electrons. The Morgan fingerprint density at radius 2 is 1.88 bits per heavy atom. The monoisotopic (exact) mass is 336 g/mol. The van der Waals surface area contributed by atoms with E-state index in [1.54, 1.807) is 6.08 Å². The van der Waals surface area contributed by atoms with Crippen molar-refractivity contribution in [3.8, 4) is 0 Å². The molecule has 3 atom stereocenters. The third-order valence-corrected chi connectivity index (χ3v) is 3.96. The highest BCUT2D eigenvalue weighted by Crippen LogP contribution is 2.27. The first-order valence-corrected chi connectivity index (χ1v) is 9.17. The van der Waals surface area contributed by atoms with E-state index in [2.05, 4.69) is 19.1 Å². The number of aliphatic carboxylic acids is 1. The fourth-order valence-corrected chi connectivity index (χ4v) is 2.42. The number of aliphatic hydroxyl groups excluding tert-OH is 1. The molecule has 1 rings (SSSR count). The van der Waals surface area contributed by atoms with Gasteiger partial charge in [-0.25, -0.2) is 0 Å². The topological polar surface area (TPSA) is 70.1 Å². The van der Waals surface area contributed by atoms with Gasteiger partial charge in [0.1, 0.15) is 6.10 Å². The molecule has 2 N–H and O–H groups in total. The smallest absolute Gasteiger partial charge is 0.303 e. The molecule has 1 unspecified atom stereocenters. The van der Waals surface area contributed by atoms with E-state index in [-0.39, 0.29) is 18.6 Å². The number of aliphatic hydroxyl groups is 1. The van der Waals surface area contributed by atoms with E-state index in [4.69, 9.17) is 9.84 Å². The normalized spacial score (nSPS) is 21.9. The molecule has 1 saturated heterocycles. The molecule has 0 aliphatic carbocycles. The van der Waals surface area contributed by atoms with Crippen LogP contribution in [-0.2, 0) is 9.53 Å². The zero-order valence-electron chi connectivity index (χ0n) is 14.8. The maximum absolute atomic E-state index is 10.4. The second-order valence-electron chi connectivity index (χ2n) is 6.29. The number of allylic oxidation sites excluding steroid dienone is 2. The lowest BCUT2D eigenvalue weighted by atomic mass is 10.1. The second kappa shape index (κ2) is 13.0. The zero-order valence-corrected chi connectivity index (χ0v) is 14.8. The van der Waals surface area contributed by atoms with Crippen molar-refractivity contribution in [3.63, 3.8) is 0 Å². The molecule has 0 bridgehead atoms. The molecular formula is C20H32O4. The summed E-state index contributed by atoms with van der Waals surface area (Å²) in [5, 5.41) is 18.4. The quantitative estimate of drug-likeness (QED) is 0.280. The number of carboxylic acids is 1. The highest BCUT2D eigenvalue weighted by atomic mass is 16.6. The molecule has 4 heteroatoms. The molecule has 0 aromatic heterocycles. The number of carboxylic acid groups (broad SMARTS) is 1. The Morgan fingerprint density at radius 3 is 2.62 bits per heavy atom. The molecule has 1 heterocycles. The number of hydrogen-bond acceptors (Lipinski definition) is 3. The third kappa shape index (κ3) is 11.2. The van der Waals surface area contributed by atoms with Crippen LogP contribution in [0.15, 0.2) is 36.5 Å². The van der Waals surface area contributed by atoms with Gasteiger partial charge in [-0.05, 0) is 38.5 Å². The molecule has 1 aliphatic heterocycles. The first-order chi connectivity index (χ1) is 11.6. The van der Waals surface area contributed by atoms with Crippen molar-refractivity contribution in [1.82, 2.24) is 0 Å². The highest BCUT2D eigenvalue weighted by molar-refractivity contribution is 5.66. The number of carbonyl (C=O) groups is 1. The van der Waals surface area contributed by atoms with Crippen LogP contribution in [0.25, 0.3) is 0 Å². The minimum Gasteiger partial charge on any atom is -0.481 e. The van der Waals surface area contributed by atoms with E-state index in [0.717, 1.165) is 19.3 Å². The average Bonchev–Trinajstić information content (AvgIpc) is 3.30. The largest absolute Gasteiger partial charge is 0.481 e. The van der Waals surface area contributed by atoms with Crippen molar-refractivity contribution < 1.29 is 19.7 Å². The van der Waals surface area contributed by atoms with Crippen molar-refractivity contribution >= 4 is 5.97 Å². The Hall–Kier alpha value is -1.39. The van der Waals surface area contributed by atoms with Gasteiger partial charge in [-0.1, -0.05) is 56.2 Å². The van der Waals surface area contributed by atoms with Crippen molar-refractivity contribution in [2.75, 3.05) is 0 Å². The zero-order chi connectivity index (χ0) is 17.6. The Balaban J connectivity index is 2.04. The SMILES string of the molecule is CCCCCC=CC[C@@H]1O[C@@H]1C=CC(O)CC=CCCCC(=O)O. The summed E-state index contributed by atoms with van der Waals surface area (Å²) in [7, 11) is 0. The Kier molecular flexibility index (Phi) is 11.2. The maximum Gasteiger partial charge on any atom is 0.303 e. The Morgan fingerprint density at radius 1 is 1.12 bits per heavy atom. The van der Waals surface area contributed by atoms with Crippen LogP contribution in [0.5, 0.6) is 0 Å². The molecule has 0 radical (unpaired) electrons. The number of unbranched alkanes of at least 4 members (excludes halogenated alkanes) is 4. The molecule has 0 aromatic rings. The summed E-state index contributed by atoms with van der Waals surface area (Å²) in [6.07, 6.45) is 19.9. The highest BCUT2D eigenvalue weighted by Gasteiger charge is 2.34. The molecule has 0 amide bonds. The van der Waals surface area contributed by atoms with Gasteiger partial charge < -0.3 is 14.9 Å². The van der Waals surface area contributed by atoms with Crippen LogP contribution in [0, 0.1) is 0 Å². The molecule has 1 aliphatic rings. The van der Waals surface area contributed by atoms with Gasteiger partial charge in [-0.2, -0.15) is 0 Å². The lowest BCUT2D eigenvalue weighted by molar-refractivity contribution is -0.137. The van der Waals surface area contributed by atoms with Gasteiger partial charge in [-0.3, -0.25) is 4.79 Å². The third-order valence-electron chi connectivity index (χ3n) is 3.96. The predicted octanol–water partition coefficient (Wildman–Crippen LogP) is 4.40. The van der Waals surface area contributed by atoms with Crippen LogP contribution in [0.2, 0.25) is 0 Å². The summed E-state index contributed by atoms with van der Waals surface area (Å²) in [5.74, 6) is -0.763. The first kappa shape index (κ1) is 20.7. The summed E-state index contributed by atoms with van der Waals surface area (Å²) in [4.78, 5) is 10.4. The summed E-state index contributed by atoms with van der Waals surface area (Å²) in [6.45, 7) is 2.21. The van der Waals surface area contributed by atoms with Crippen LogP contribution >= 0.6 is 0 Å². The van der Waals surface area contributed by atoms with Gasteiger partial charge in [0.2, 0.25) is 0 Å². The minimum absolute atomic E-state index is 0.138. The second-order valence-corrected chi connectivity index (χ2v) is 6.29. The fourth-order valence-electron chi connectivity index (χ4n) is 2.42. The Bertz CT molecular complexity index is 425. The van der Waals surface area contributed by atoms with Crippen LogP contribution in [0.4, 0.5) is 0 Å². The van der Waals surface area contributed by atoms with Crippen molar-refractivity contribution in [2.24, 2.45) is 0 Å². The van der Waals surface area contributed by atoms with Gasteiger partial charge >= 0.3 is 5.97 Å². The van der Waals surface area contributed by atoms with Gasteiger partial charge in [0.05, 0.1) is 12.2 Å². The van der Waals surface area contributed by atoms with Gasteiger partial charge in [0, 0.05) is 6.42 Å². The number of hydrogen-bond donors (Lipinski definition) is 2. The molecule has 4 nitrogen and oxygen atoms in total. The molecule has 0 saturated carbocycles. The molecule has 1 fully saturated rings. The lowest BCUT2D eigenvalue weighted by Crippen LogP contribution is -2.00. The van der Waals surface area contributed by atoms with Crippen molar-refractivity contribution in [3.05, 3.63) is 36.5 Å². The minimum atomic E-state index is -0.763.